The Bertz CT molecular complexity index is 468. The molecule has 1 saturated carbocycles. The van der Waals surface area contributed by atoms with Crippen molar-refractivity contribution >= 4 is 5.97 Å². The number of carbonyl (C=O) groups excluding carboxylic acids is 1. The summed E-state index contributed by atoms with van der Waals surface area (Å²) in [7, 11) is 0. The quantitative estimate of drug-likeness (QED) is 0.401. The summed E-state index contributed by atoms with van der Waals surface area (Å²) in [6.07, 6.45) is 0.350. The van der Waals surface area contributed by atoms with Gasteiger partial charge in [0.25, 0.3) is 0 Å². The number of hydrogen-bond donors (Lipinski definition) is 0. The highest BCUT2D eigenvalue weighted by Gasteiger charge is 2.77. The predicted octanol–water partition coefficient (Wildman–Crippen LogP) is 4.52. The Kier molecular flexibility index (Phi) is 5.87. The molecular formula is C14H15F7O2. The lowest BCUT2D eigenvalue weighted by Crippen LogP contribution is -2.56. The average Bonchev–Trinajstić information content (AvgIpc) is 2.89. The minimum atomic E-state index is -6.56. The zero-order valence-corrected chi connectivity index (χ0v) is 11.9. The van der Waals surface area contributed by atoms with Gasteiger partial charge < -0.3 is 4.74 Å². The molecular weight excluding hydrogens is 333 g/mol. The Morgan fingerprint density at radius 3 is 2.13 bits per heavy atom. The van der Waals surface area contributed by atoms with E-state index >= 15 is 0 Å². The van der Waals surface area contributed by atoms with E-state index in [-0.39, 0.29) is 5.92 Å². The van der Waals surface area contributed by atoms with E-state index in [4.69, 9.17) is 0 Å². The molecule has 0 amide bonds. The first-order valence-electron chi connectivity index (χ1n) is 6.72. The Balaban J connectivity index is 2.54. The highest BCUT2D eigenvalue weighted by atomic mass is 19.4. The van der Waals surface area contributed by atoms with E-state index in [1.165, 1.54) is 0 Å². The number of esters is 1. The molecule has 1 rings (SSSR count). The smallest absolute Gasteiger partial charge is 0.457 e. The van der Waals surface area contributed by atoms with E-state index < -0.39 is 30.6 Å². The van der Waals surface area contributed by atoms with Crippen molar-refractivity contribution in [2.24, 2.45) is 11.8 Å². The van der Waals surface area contributed by atoms with Crippen molar-refractivity contribution in [2.75, 3.05) is 6.61 Å². The van der Waals surface area contributed by atoms with Gasteiger partial charge in [-0.05, 0) is 31.1 Å². The van der Waals surface area contributed by atoms with E-state index in [0.29, 0.717) is 5.92 Å². The summed E-state index contributed by atoms with van der Waals surface area (Å²) in [5.41, 5.74) is 0. The molecule has 0 aromatic rings. The number of allylic oxidation sites excluding steroid dienone is 2. The van der Waals surface area contributed by atoms with Gasteiger partial charge in [-0.25, -0.2) is 4.79 Å². The third-order valence-corrected chi connectivity index (χ3v) is 3.57. The van der Waals surface area contributed by atoms with Crippen LogP contribution in [0.1, 0.15) is 19.3 Å². The van der Waals surface area contributed by atoms with Crippen LogP contribution in [0.15, 0.2) is 24.8 Å². The molecule has 0 aliphatic heterocycles. The summed E-state index contributed by atoms with van der Waals surface area (Å²) < 4.78 is 90.6. The number of ether oxygens (including phenoxy) is 1. The molecule has 2 nitrogen and oxygen atoms in total. The molecule has 1 aliphatic rings. The number of halogens is 7. The fraction of sp³-hybridized carbons (Fsp3) is 0.643. The largest absolute Gasteiger partial charge is 0.460 e. The van der Waals surface area contributed by atoms with Crippen molar-refractivity contribution in [3.05, 3.63) is 24.8 Å². The molecule has 0 radical (unpaired) electrons. The molecule has 2 atom stereocenters. The van der Waals surface area contributed by atoms with E-state index in [1.54, 1.807) is 12.2 Å². The summed E-state index contributed by atoms with van der Waals surface area (Å²) in [5, 5.41) is 0. The maximum Gasteiger partial charge on any atom is 0.460 e. The third-order valence-electron chi connectivity index (χ3n) is 3.57. The molecule has 2 unspecified atom stereocenters. The summed E-state index contributed by atoms with van der Waals surface area (Å²) in [4.78, 5) is 10.9. The van der Waals surface area contributed by atoms with Crippen molar-refractivity contribution < 1.29 is 40.3 Å². The van der Waals surface area contributed by atoms with E-state index in [9.17, 15) is 35.5 Å². The second-order valence-electron chi connectivity index (χ2n) is 5.24. The second kappa shape index (κ2) is 6.92. The van der Waals surface area contributed by atoms with Crippen LogP contribution < -0.4 is 0 Å². The summed E-state index contributed by atoms with van der Waals surface area (Å²) in [5.74, 6) is -15.0. The van der Waals surface area contributed by atoms with E-state index in [0.717, 1.165) is 25.3 Å². The molecule has 0 N–H and O–H groups in total. The van der Waals surface area contributed by atoms with Crippen molar-refractivity contribution in [2.45, 2.75) is 37.3 Å². The van der Waals surface area contributed by atoms with Crippen LogP contribution in [0.3, 0.4) is 0 Å². The maximum absolute atomic E-state index is 12.9. The van der Waals surface area contributed by atoms with Crippen molar-refractivity contribution in [1.82, 2.24) is 0 Å². The highest BCUT2D eigenvalue weighted by molar-refractivity contribution is 5.79. The first kappa shape index (κ1) is 19.5. The molecule has 1 fully saturated rings. The van der Waals surface area contributed by atoms with Gasteiger partial charge >= 0.3 is 24.0 Å². The number of hydrogen-bond acceptors (Lipinski definition) is 2. The first-order valence-corrected chi connectivity index (χ1v) is 6.72. The molecule has 1 aliphatic carbocycles. The van der Waals surface area contributed by atoms with Crippen LogP contribution in [-0.2, 0) is 9.53 Å². The molecule has 9 heteroatoms. The SMILES string of the molecule is C=CC1CCC(/C=C/COC(=O)C(F)(F)C(F)(F)C(F)(F)F)C1. The first-order chi connectivity index (χ1) is 10.4. The zero-order chi connectivity index (χ0) is 17.9. The summed E-state index contributed by atoms with van der Waals surface area (Å²) >= 11 is 0. The van der Waals surface area contributed by atoms with Gasteiger partial charge in [-0.1, -0.05) is 18.2 Å². The van der Waals surface area contributed by atoms with Crippen LogP contribution in [0.4, 0.5) is 30.7 Å². The molecule has 132 valence electrons. The minimum absolute atomic E-state index is 0.0915. The number of carbonyl (C=O) groups is 1. The van der Waals surface area contributed by atoms with Gasteiger partial charge in [0.05, 0.1) is 0 Å². The van der Waals surface area contributed by atoms with Crippen LogP contribution >= 0.6 is 0 Å². The molecule has 23 heavy (non-hydrogen) atoms. The standard InChI is InChI=1S/C14H15F7O2/c1-2-9-5-6-10(8-9)4-3-7-23-11(22)12(15,16)13(17,18)14(19,20)21/h2-4,9-10H,1,5-8H2/b4-3+. The van der Waals surface area contributed by atoms with Gasteiger partial charge in [0, 0.05) is 0 Å². The van der Waals surface area contributed by atoms with Gasteiger partial charge in [0.1, 0.15) is 6.61 Å². The molecule has 0 bridgehead atoms. The second-order valence-corrected chi connectivity index (χ2v) is 5.24. The van der Waals surface area contributed by atoms with Crippen molar-refractivity contribution in [1.29, 1.82) is 0 Å². The van der Waals surface area contributed by atoms with E-state index in [1.807, 2.05) is 0 Å². The molecule has 0 spiro atoms. The predicted molar refractivity (Wildman–Crippen MR) is 67.1 cm³/mol. The van der Waals surface area contributed by atoms with Crippen LogP contribution in [0.25, 0.3) is 0 Å². The number of rotatable bonds is 6. The summed E-state index contributed by atoms with van der Waals surface area (Å²) in [6, 6.07) is 0. The Labute approximate surface area is 128 Å². The molecule has 0 saturated heterocycles. The van der Waals surface area contributed by atoms with Crippen molar-refractivity contribution in [3.8, 4) is 0 Å². The molecule has 0 aromatic carbocycles. The lowest BCUT2D eigenvalue weighted by atomic mass is 10.0. The third kappa shape index (κ3) is 4.26. The van der Waals surface area contributed by atoms with Gasteiger partial charge in [0.2, 0.25) is 0 Å². The van der Waals surface area contributed by atoms with Gasteiger partial charge in [-0.3, -0.25) is 0 Å². The van der Waals surface area contributed by atoms with Crippen LogP contribution in [-0.4, -0.2) is 30.6 Å². The number of alkyl halides is 7. The molecule has 0 aromatic heterocycles. The van der Waals surface area contributed by atoms with Crippen LogP contribution in [0, 0.1) is 11.8 Å². The normalized spacial score (nSPS) is 23.3. The fourth-order valence-corrected chi connectivity index (χ4v) is 2.21. The highest BCUT2D eigenvalue weighted by Crippen LogP contribution is 2.46. The Hall–Kier alpha value is -1.54. The van der Waals surface area contributed by atoms with Gasteiger partial charge in [0.15, 0.2) is 0 Å². The van der Waals surface area contributed by atoms with Crippen LogP contribution in [0.5, 0.6) is 0 Å². The minimum Gasteiger partial charge on any atom is -0.457 e. The lowest BCUT2D eigenvalue weighted by molar-refractivity contribution is -0.348. The van der Waals surface area contributed by atoms with Crippen LogP contribution in [0.2, 0.25) is 0 Å². The van der Waals surface area contributed by atoms with Gasteiger partial charge in [-0.2, -0.15) is 30.7 Å². The monoisotopic (exact) mass is 348 g/mol. The van der Waals surface area contributed by atoms with Gasteiger partial charge in [-0.15, -0.1) is 6.58 Å². The Morgan fingerprint density at radius 1 is 1.09 bits per heavy atom. The average molecular weight is 348 g/mol. The van der Waals surface area contributed by atoms with Crippen molar-refractivity contribution in [3.63, 3.8) is 0 Å². The summed E-state index contributed by atoms with van der Waals surface area (Å²) in [6.45, 7) is 2.82. The Morgan fingerprint density at radius 2 is 1.65 bits per heavy atom. The topological polar surface area (TPSA) is 26.3 Å². The fourth-order valence-electron chi connectivity index (χ4n) is 2.21. The zero-order valence-electron chi connectivity index (χ0n) is 11.9. The molecule has 0 heterocycles. The maximum atomic E-state index is 12.9. The van der Waals surface area contributed by atoms with E-state index in [2.05, 4.69) is 11.3 Å². The lowest BCUT2D eigenvalue weighted by Gasteiger charge is -2.26.